The van der Waals surface area contributed by atoms with E-state index in [4.69, 9.17) is 4.42 Å². The molecule has 1 aliphatic heterocycles. The largest absolute Gasteiger partial charge is 0.416 e. The molecule has 1 aliphatic rings. The van der Waals surface area contributed by atoms with Gasteiger partial charge in [-0.1, -0.05) is 43.8 Å². The minimum atomic E-state index is -2.92. The van der Waals surface area contributed by atoms with Gasteiger partial charge in [0.05, 0.1) is 17.3 Å². The van der Waals surface area contributed by atoms with E-state index in [1.807, 2.05) is 24.3 Å². The van der Waals surface area contributed by atoms with Gasteiger partial charge in [0.2, 0.25) is 11.8 Å². The van der Waals surface area contributed by atoms with E-state index in [-0.39, 0.29) is 29.1 Å². The first-order valence-corrected chi connectivity index (χ1v) is 11.7. The second-order valence-electron chi connectivity index (χ2n) is 7.01. The molecule has 9 heteroatoms. The van der Waals surface area contributed by atoms with Gasteiger partial charge in [-0.05, 0) is 29.9 Å². The van der Waals surface area contributed by atoms with Crippen molar-refractivity contribution in [2.24, 2.45) is 5.92 Å². The van der Waals surface area contributed by atoms with Crippen molar-refractivity contribution < 1.29 is 17.6 Å². The number of carbonyl (C=O) groups is 1. The van der Waals surface area contributed by atoms with Crippen molar-refractivity contribution in [3.05, 3.63) is 35.7 Å². The Morgan fingerprint density at radius 3 is 2.81 bits per heavy atom. The van der Waals surface area contributed by atoms with Gasteiger partial charge in [-0.2, -0.15) is 0 Å². The fourth-order valence-electron chi connectivity index (χ4n) is 3.09. The summed E-state index contributed by atoms with van der Waals surface area (Å²) in [6.07, 6.45) is 1.09. The van der Waals surface area contributed by atoms with Gasteiger partial charge >= 0.3 is 0 Å². The van der Waals surface area contributed by atoms with Crippen LogP contribution in [-0.2, 0) is 21.1 Å². The Kier molecular flexibility index (Phi) is 6.21. The van der Waals surface area contributed by atoms with Gasteiger partial charge in [-0.3, -0.25) is 4.79 Å². The highest BCUT2D eigenvalue weighted by molar-refractivity contribution is 7.99. The van der Waals surface area contributed by atoms with Crippen LogP contribution in [0.2, 0.25) is 0 Å². The van der Waals surface area contributed by atoms with Crippen LogP contribution in [0.3, 0.4) is 0 Å². The summed E-state index contributed by atoms with van der Waals surface area (Å²) in [5.74, 6) is 1.18. The Balaban J connectivity index is 1.51. The third-order valence-electron chi connectivity index (χ3n) is 4.42. The minimum absolute atomic E-state index is 0.0316. The molecule has 27 heavy (non-hydrogen) atoms. The maximum atomic E-state index is 12.2. The Bertz CT molecular complexity index is 909. The molecule has 0 aliphatic carbocycles. The van der Waals surface area contributed by atoms with E-state index < -0.39 is 9.84 Å². The van der Waals surface area contributed by atoms with Gasteiger partial charge in [0.15, 0.2) is 9.84 Å². The molecule has 7 nitrogen and oxygen atoms in total. The van der Waals surface area contributed by atoms with Crippen molar-refractivity contribution in [2.45, 2.75) is 37.8 Å². The number of anilines is 1. The monoisotopic (exact) mass is 409 g/mol. The van der Waals surface area contributed by atoms with Gasteiger partial charge in [0.25, 0.3) is 5.22 Å². The van der Waals surface area contributed by atoms with Crippen LogP contribution >= 0.6 is 11.8 Å². The average molecular weight is 410 g/mol. The van der Waals surface area contributed by atoms with Crippen LogP contribution in [0.1, 0.15) is 37.6 Å². The van der Waals surface area contributed by atoms with Crippen LogP contribution in [0.15, 0.2) is 33.9 Å². The lowest BCUT2D eigenvalue weighted by Gasteiger charge is -2.13. The molecule has 1 aromatic carbocycles. The molecule has 1 atom stereocenters. The van der Waals surface area contributed by atoms with Crippen molar-refractivity contribution in [3.8, 4) is 0 Å². The summed E-state index contributed by atoms with van der Waals surface area (Å²) in [5.41, 5.74) is 1.90. The molecule has 0 saturated carbocycles. The Hall–Kier alpha value is -1.87. The SMILES string of the molecule is CC(C)c1ccccc1NC(=O)CSc1nnc(C[C@H]2CCS(=O)(=O)C2)o1. The number of para-hydroxylation sites is 1. The quantitative estimate of drug-likeness (QED) is 0.702. The van der Waals surface area contributed by atoms with Gasteiger partial charge in [-0.25, -0.2) is 8.42 Å². The smallest absolute Gasteiger partial charge is 0.277 e. The van der Waals surface area contributed by atoms with E-state index >= 15 is 0 Å². The molecule has 0 bridgehead atoms. The maximum absolute atomic E-state index is 12.2. The topological polar surface area (TPSA) is 102 Å². The third-order valence-corrected chi connectivity index (χ3v) is 7.08. The lowest BCUT2D eigenvalue weighted by molar-refractivity contribution is -0.113. The summed E-state index contributed by atoms with van der Waals surface area (Å²) in [4.78, 5) is 12.2. The molecule has 1 N–H and O–H groups in total. The Morgan fingerprint density at radius 1 is 1.33 bits per heavy atom. The number of thioether (sulfide) groups is 1. The highest BCUT2D eigenvalue weighted by atomic mass is 32.2. The third kappa shape index (κ3) is 5.55. The molecule has 1 amide bonds. The standard InChI is InChI=1S/C18H23N3O4S2/c1-12(2)14-5-3-4-6-15(14)19-16(22)10-26-18-21-20-17(25-18)9-13-7-8-27(23,24)11-13/h3-6,12-13H,7-11H2,1-2H3,(H,19,22)/t13-/m1/s1. The van der Waals surface area contributed by atoms with Crippen LogP contribution in [0.25, 0.3) is 0 Å². The molecule has 146 valence electrons. The number of rotatable bonds is 7. The predicted molar refractivity (Wildman–Crippen MR) is 105 cm³/mol. The number of amides is 1. The van der Waals surface area contributed by atoms with Crippen LogP contribution in [0, 0.1) is 5.92 Å². The van der Waals surface area contributed by atoms with E-state index in [0.29, 0.717) is 29.9 Å². The minimum Gasteiger partial charge on any atom is -0.416 e. The first-order valence-electron chi connectivity index (χ1n) is 8.87. The molecule has 0 radical (unpaired) electrons. The highest BCUT2D eigenvalue weighted by Crippen LogP contribution is 2.25. The number of sulfone groups is 1. The summed E-state index contributed by atoms with van der Waals surface area (Å²) in [6.45, 7) is 4.16. The summed E-state index contributed by atoms with van der Waals surface area (Å²) < 4.78 is 28.6. The first kappa shape index (κ1) is 19.9. The number of nitrogens with zero attached hydrogens (tertiary/aromatic N) is 2. The molecule has 2 heterocycles. The normalized spacial score (nSPS) is 18.7. The molecule has 1 aromatic heterocycles. The van der Waals surface area contributed by atoms with Gasteiger partial charge in [0, 0.05) is 12.1 Å². The van der Waals surface area contributed by atoms with E-state index in [9.17, 15) is 13.2 Å². The summed E-state index contributed by atoms with van der Waals surface area (Å²) in [6, 6.07) is 7.73. The average Bonchev–Trinajstić information content (AvgIpc) is 3.19. The molecular weight excluding hydrogens is 386 g/mol. The maximum Gasteiger partial charge on any atom is 0.277 e. The molecule has 1 saturated heterocycles. The van der Waals surface area contributed by atoms with E-state index in [0.717, 1.165) is 11.3 Å². The highest BCUT2D eigenvalue weighted by Gasteiger charge is 2.29. The second kappa shape index (κ2) is 8.43. The van der Waals surface area contributed by atoms with Crippen LogP contribution in [-0.4, -0.2) is 41.8 Å². The Morgan fingerprint density at radius 2 is 2.11 bits per heavy atom. The van der Waals surface area contributed by atoms with Gasteiger partial charge in [-0.15, -0.1) is 10.2 Å². The fraction of sp³-hybridized carbons (Fsp3) is 0.500. The van der Waals surface area contributed by atoms with Crippen molar-refractivity contribution in [1.82, 2.24) is 10.2 Å². The van der Waals surface area contributed by atoms with E-state index in [1.54, 1.807) is 0 Å². The Labute approximate surface area is 163 Å². The predicted octanol–water partition coefficient (Wildman–Crippen LogP) is 2.90. The van der Waals surface area contributed by atoms with Gasteiger partial charge in [0.1, 0.15) is 0 Å². The summed E-state index contributed by atoms with van der Waals surface area (Å²) in [7, 11) is -2.92. The first-order chi connectivity index (χ1) is 12.8. The molecule has 2 aromatic rings. The molecular formula is C18H23N3O4S2. The number of benzene rings is 1. The van der Waals surface area contributed by atoms with Crippen LogP contribution in [0.5, 0.6) is 0 Å². The lowest BCUT2D eigenvalue weighted by Crippen LogP contribution is -2.15. The van der Waals surface area contributed by atoms with Crippen molar-refractivity contribution in [2.75, 3.05) is 22.6 Å². The lowest BCUT2D eigenvalue weighted by atomic mass is 10.0. The zero-order valence-corrected chi connectivity index (χ0v) is 17.0. The molecule has 3 rings (SSSR count). The molecule has 1 fully saturated rings. The van der Waals surface area contributed by atoms with E-state index in [1.165, 1.54) is 11.8 Å². The zero-order valence-electron chi connectivity index (χ0n) is 15.3. The molecule has 0 spiro atoms. The number of hydrogen-bond acceptors (Lipinski definition) is 7. The van der Waals surface area contributed by atoms with Crippen molar-refractivity contribution in [1.29, 1.82) is 0 Å². The fourth-order valence-corrected chi connectivity index (χ4v) is 5.53. The van der Waals surface area contributed by atoms with Crippen LogP contribution in [0.4, 0.5) is 5.69 Å². The second-order valence-corrected chi connectivity index (χ2v) is 10.2. The zero-order chi connectivity index (χ0) is 19.4. The van der Waals surface area contributed by atoms with Crippen LogP contribution < -0.4 is 5.32 Å². The summed E-state index contributed by atoms with van der Waals surface area (Å²) >= 11 is 1.17. The number of hydrogen-bond donors (Lipinski definition) is 1. The van der Waals surface area contributed by atoms with Crippen molar-refractivity contribution >= 4 is 33.2 Å². The number of aromatic nitrogens is 2. The summed E-state index contributed by atoms with van der Waals surface area (Å²) in [5, 5.41) is 11.1. The number of carbonyl (C=O) groups excluding carboxylic acids is 1. The molecule has 0 unspecified atom stereocenters. The van der Waals surface area contributed by atoms with Crippen molar-refractivity contribution in [3.63, 3.8) is 0 Å². The van der Waals surface area contributed by atoms with Gasteiger partial charge < -0.3 is 9.73 Å². The number of nitrogens with one attached hydrogen (secondary N) is 1. The van der Waals surface area contributed by atoms with E-state index in [2.05, 4.69) is 29.4 Å².